The van der Waals surface area contributed by atoms with E-state index in [9.17, 15) is 0 Å². The van der Waals surface area contributed by atoms with Crippen LogP contribution in [0.5, 0.6) is 23.0 Å². The predicted octanol–water partition coefficient (Wildman–Crippen LogP) is 3.04. The Labute approximate surface area is 167 Å². The van der Waals surface area contributed by atoms with E-state index in [4.69, 9.17) is 18.9 Å². The zero-order valence-corrected chi connectivity index (χ0v) is 17.4. The summed E-state index contributed by atoms with van der Waals surface area (Å²) in [5.74, 6) is 2.94. The van der Waals surface area contributed by atoms with Gasteiger partial charge in [-0.2, -0.15) is 0 Å². The predicted molar refractivity (Wildman–Crippen MR) is 110 cm³/mol. The molecule has 0 unspecified atom stereocenters. The van der Waals surface area contributed by atoms with Gasteiger partial charge >= 0.3 is 0 Å². The van der Waals surface area contributed by atoms with Crippen molar-refractivity contribution in [3.05, 3.63) is 47.5 Å². The third kappa shape index (κ3) is 4.69. The first-order valence-corrected chi connectivity index (χ1v) is 9.44. The van der Waals surface area contributed by atoms with Crippen molar-refractivity contribution >= 4 is 0 Å². The van der Waals surface area contributed by atoms with Crippen molar-refractivity contribution in [3.8, 4) is 23.0 Å². The zero-order valence-electron chi connectivity index (χ0n) is 17.4. The second kappa shape index (κ2) is 9.17. The van der Waals surface area contributed by atoms with Crippen molar-refractivity contribution in [2.45, 2.75) is 19.2 Å². The smallest absolute Gasteiger partial charge is 0.203 e. The van der Waals surface area contributed by atoms with Crippen molar-refractivity contribution in [2.75, 3.05) is 48.5 Å². The Hall–Kier alpha value is -2.44. The maximum absolute atomic E-state index is 6.31. The van der Waals surface area contributed by atoms with Crippen LogP contribution in [0.15, 0.2) is 36.4 Å². The molecule has 6 nitrogen and oxygen atoms in total. The molecule has 0 bridgehead atoms. The van der Waals surface area contributed by atoms with Crippen molar-refractivity contribution in [1.82, 2.24) is 9.80 Å². The molecule has 1 aliphatic rings. The Balaban J connectivity index is 1.88. The molecule has 0 amide bonds. The number of hydrogen-bond acceptors (Lipinski definition) is 6. The molecule has 0 saturated carbocycles. The highest BCUT2D eigenvalue weighted by molar-refractivity contribution is 5.53. The first-order valence-electron chi connectivity index (χ1n) is 9.44. The van der Waals surface area contributed by atoms with Crippen LogP contribution in [0.2, 0.25) is 0 Å². The molecule has 2 aromatic carbocycles. The van der Waals surface area contributed by atoms with Crippen LogP contribution in [-0.2, 0) is 13.1 Å². The van der Waals surface area contributed by atoms with Crippen LogP contribution < -0.4 is 18.9 Å². The first kappa shape index (κ1) is 20.3. The standard InChI is InChI=1S/C22H30N2O4/c1-23(2)14-18-15-24(13-17-8-6-7-9-19(17)28-18)12-16-10-20(25-3)22(27-5)21(11-16)26-4/h6-11,18H,12-15H2,1-5H3/t18-/m0/s1. The van der Waals surface area contributed by atoms with Crippen LogP contribution in [0.3, 0.4) is 0 Å². The van der Waals surface area contributed by atoms with Gasteiger partial charge in [-0.05, 0) is 37.9 Å². The monoisotopic (exact) mass is 386 g/mol. The van der Waals surface area contributed by atoms with E-state index in [1.807, 2.05) is 18.2 Å². The van der Waals surface area contributed by atoms with E-state index >= 15 is 0 Å². The van der Waals surface area contributed by atoms with E-state index in [0.29, 0.717) is 17.2 Å². The highest BCUT2D eigenvalue weighted by atomic mass is 16.5. The average Bonchev–Trinajstić information content (AvgIpc) is 2.84. The lowest BCUT2D eigenvalue weighted by molar-refractivity contribution is 0.116. The number of nitrogens with zero attached hydrogens (tertiary/aromatic N) is 2. The normalized spacial score (nSPS) is 16.9. The fourth-order valence-electron chi connectivity index (χ4n) is 3.67. The topological polar surface area (TPSA) is 43.4 Å². The largest absolute Gasteiger partial charge is 0.493 e. The average molecular weight is 386 g/mol. The summed E-state index contributed by atoms with van der Waals surface area (Å²) in [7, 11) is 9.05. The van der Waals surface area contributed by atoms with E-state index in [1.165, 1.54) is 5.56 Å². The Kier molecular flexibility index (Phi) is 6.65. The molecule has 0 radical (unpaired) electrons. The van der Waals surface area contributed by atoms with Gasteiger partial charge < -0.3 is 23.8 Å². The fraction of sp³-hybridized carbons (Fsp3) is 0.455. The number of ether oxygens (including phenoxy) is 4. The third-order valence-electron chi connectivity index (χ3n) is 4.82. The quantitative estimate of drug-likeness (QED) is 0.729. The molecular formula is C22H30N2O4. The summed E-state index contributed by atoms with van der Waals surface area (Å²) >= 11 is 0. The minimum absolute atomic E-state index is 0.0979. The summed E-state index contributed by atoms with van der Waals surface area (Å²) in [5.41, 5.74) is 2.31. The van der Waals surface area contributed by atoms with Crippen LogP contribution in [0.1, 0.15) is 11.1 Å². The minimum atomic E-state index is 0.0979. The van der Waals surface area contributed by atoms with Gasteiger partial charge in [0.25, 0.3) is 0 Å². The molecule has 0 fully saturated rings. The number of para-hydroxylation sites is 1. The molecule has 0 saturated heterocycles. The van der Waals surface area contributed by atoms with Gasteiger partial charge in [0.05, 0.1) is 21.3 Å². The molecule has 152 valence electrons. The lowest BCUT2D eigenvalue weighted by Gasteiger charge is -2.26. The summed E-state index contributed by atoms with van der Waals surface area (Å²) in [5, 5.41) is 0. The lowest BCUT2D eigenvalue weighted by atomic mass is 10.1. The van der Waals surface area contributed by atoms with Crippen molar-refractivity contribution in [1.29, 1.82) is 0 Å². The van der Waals surface area contributed by atoms with Gasteiger partial charge in [-0.1, -0.05) is 18.2 Å². The van der Waals surface area contributed by atoms with Crippen LogP contribution in [0.25, 0.3) is 0 Å². The number of fused-ring (bicyclic) bond motifs is 1. The highest BCUT2D eigenvalue weighted by Gasteiger charge is 2.24. The number of benzene rings is 2. The zero-order chi connectivity index (χ0) is 20.1. The van der Waals surface area contributed by atoms with Crippen LogP contribution >= 0.6 is 0 Å². The molecule has 1 atom stereocenters. The molecular weight excluding hydrogens is 356 g/mol. The molecule has 0 spiro atoms. The van der Waals surface area contributed by atoms with E-state index in [-0.39, 0.29) is 6.10 Å². The maximum atomic E-state index is 6.31. The van der Waals surface area contributed by atoms with Gasteiger partial charge in [0.2, 0.25) is 5.75 Å². The van der Waals surface area contributed by atoms with Gasteiger partial charge in [0, 0.05) is 31.7 Å². The molecule has 0 aromatic heterocycles. The Morgan fingerprint density at radius 1 is 1.04 bits per heavy atom. The van der Waals surface area contributed by atoms with Crippen molar-refractivity contribution < 1.29 is 18.9 Å². The Morgan fingerprint density at radius 3 is 2.32 bits per heavy atom. The number of hydrogen-bond donors (Lipinski definition) is 0. The summed E-state index contributed by atoms with van der Waals surface area (Å²) in [4.78, 5) is 4.57. The Morgan fingerprint density at radius 2 is 1.71 bits per heavy atom. The molecule has 28 heavy (non-hydrogen) atoms. The second-order valence-corrected chi connectivity index (χ2v) is 7.31. The van der Waals surface area contributed by atoms with Crippen LogP contribution in [0.4, 0.5) is 0 Å². The second-order valence-electron chi connectivity index (χ2n) is 7.31. The van der Waals surface area contributed by atoms with E-state index < -0.39 is 0 Å². The summed E-state index contributed by atoms with van der Waals surface area (Å²) < 4.78 is 22.8. The molecule has 1 heterocycles. The van der Waals surface area contributed by atoms with Gasteiger partial charge in [0.1, 0.15) is 11.9 Å². The van der Waals surface area contributed by atoms with Crippen molar-refractivity contribution in [2.24, 2.45) is 0 Å². The number of rotatable bonds is 7. The summed E-state index contributed by atoms with van der Waals surface area (Å²) in [6, 6.07) is 12.3. The molecule has 3 rings (SSSR count). The third-order valence-corrected chi connectivity index (χ3v) is 4.82. The lowest BCUT2D eigenvalue weighted by Crippen LogP contribution is -2.39. The number of methoxy groups -OCH3 is 3. The SMILES string of the molecule is COc1cc(CN2Cc3ccccc3O[C@@H](CN(C)C)C2)cc(OC)c1OC. The van der Waals surface area contributed by atoms with Gasteiger partial charge in [-0.25, -0.2) is 0 Å². The first-order chi connectivity index (χ1) is 13.5. The van der Waals surface area contributed by atoms with Gasteiger partial charge in [0.15, 0.2) is 11.5 Å². The maximum Gasteiger partial charge on any atom is 0.203 e. The number of likely N-dealkylation sites (N-methyl/N-ethyl adjacent to an activating group) is 1. The van der Waals surface area contributed by atoms with Gasteiger partial charge in [-0.3, -0.25) is 4.90 Å². The van der Waals surface area contributed by atoms with Crippen LogP contribution in [0, 0.1) is 0 Å². The van der Waals surface area contributed by atoms with E-state index in [1.54, 1.807) is 21.3 Å². The van der Waals surface area contributed by atoms with Gasteiger partial charge in [-0.15, -0.1) is 0 Å². The minimum Gasteiger partial charge on any atom is -0.493 e. The molecule has 0 N–H and O–H groups in total. The molecule has 0 aliphatic carbocycles. The molecule has 2 aromatic rings. The summed E-state index contributed by atoms with van der Waals surface area (Å²) in [6.45, 7) is 3.29. The molecule has 6 heteroatoms. The molecule has 1 aliphatic heterocycles. The summed E-state index contributed by atoms with van der Waals surface area (Å²) in [6.07, 6.45) is 0.0979. The Bertz CT molecular complexity index is 769. The van der Waals surface area contributed by atoms with E-state index in [0.717, 1.165) is 37.5 Å². The highest BCUT2D eigenvalue weighted by Crippen LogP contribution is 2.38. The van der Waals surface area contributed by atoms with Crippen LogP contribution in [-0.4, -0.2) is 64.4 Å². The fourth-order valence-corrected chi connectivity index (χ4v) is 3.67. The van der Waals surface area contributed by atoms with Crippen molar-refractivity contribution in [3.63, 3.8) is 0 Å². The van der Waals surface area contributed by atoms with E-state index in [2.05, 4.69) is 42.1 Å².